The molecule has 1 N–H and O–H groups in total. The molecule has 1 aliphatic rings. The number of aryl methyl sites for hydroxylation is 1. The molecule has 0 bridgehead atoms. The molecule has 156 valence electrons. The minimum absolute atomic E-state index is 0.0474. The molecular weight excluding hydrogens is 411 g/mol. The second-order valence-corrected chi connectivity index (χ2v) is 7.18. The normalized spacial score (nSPS) is 12.1. The molecule has 0 radical (unpaired) electrons. The highest BCUT2D eigenvalue weighted by atomic mass is 35.5. The van der Waals surface area contributed by atoms with E-state index < -0.39 is 5.82 Å². The van der Waals surface area contributed by atoms with E-state index in [-0.39, 0.29) is 30.0 Å². The number of halogens is 2. The quantitative estimate of drug-likeness (QED) is 0.598. The van der Waals surface area contributed by atoms with E-state index in [4.69, 9.17) is 21.1 Å². The average molecular weight is 431 g/mol. The molecule has 0 aliphatic carbocycles. The van der Waals surface area contributed by atoms with Crippen molar-refractivity contribution in [1.29, 1.82) is 0 Å². The summed E-state index contributed by atoms with van der Waals surface area (Å²) in [4.78, 5) is 18.5. The van der Waals surface area contributed by atoms with Gasteiger partial charge in [0.2, 0.25) is 6.79 Å². The van der Waals surface area contributed by atoms with Crippen LogP contribution in [0.2, 0.25) is 5.02 Å². The Labute approximate surface area is 178 Å². The molecule has 9 heteroatoms. The number of benzene rings is 2. The van der Waals surface area contributed by atoms with Crippen molar-refractivity contribution in [3.05, 3.63) is 71.5 Å². The van der Waals surface area contributed by atoms with Crippen LogP contribution in [0.25, 0.3) is 0 Å². The molecule has 0 unspecified atom stereocenters. The Bertz CT molecular complexity index is 1010. The smallest absolute Gasteiger partial charge is 0.322 e. The molecule has 2 aromatic carbocycles. The first-order valence-electron chi connectivity index (χ1n) is 9.44. The van der Waals surface area contributed by atoms with Crippen molar-refractivity contribution < 1.29 is 18.7 Å². The van der Waals surface area contributed by atoms with Crippen molar-refractivity contribution in [2.24, 2.45) is 0 Å². The standard InChI is InChI=1S/C21H20ClFN4O3/c22-17-3-1-4-18(23)16(17)12-27(9-2-8-26-10-7-24-13-26)21(28)25-15-5-6-19-20(11-15)30-14-29-19/h1,3-7,10-11,13H,2,8-9,12,14H2,(H,25,28). The Morgan fingerprint density at radius 1 is 1.27 bits per heavy atom. The number of rotatable bonds is 7. The van der Waals surface area contributed by atoms with Crippen molar-refractivity contribution >= 4 is 23.3 Å². The summed E-state index contributed by atoms with van der Waals surface area (Å²) in [6.45, 7) is 1.28. The van der Waals surface area contributed by atoms with E-state index in [1.165, 1.54) is 17.0 Å². The number of hydrogen-bond donors (Lipinski definition) is 1. The first-order chi connectivity index (χ1) is 14.6. The van der Waals surface area contributed by atoms with Crippen molar-refractivity contribution in [3.8, 4) is 11.5 Å². The fourth-order valence-electron chi connectivity index (χ4n) is 3.17. The highest BCUT2D eigenvalue weighted by molar-refractivity contribution is 6.31. The van der Waals surface area contributed by atoms with Gasteiger partial charge >= 0.3 is 6.03 Å². The maximum Gasteiger partial charge on any atom is 0.322 e. The van der Waals surface area contributed by atoms with Gasteiger partial charge in [-0.05, 0) is 30.7 Å². The van der Waals surface area contributed by atoms with Crippen LogP contribution in [-0.2, 0) is 13.1 Å². The predicted octanol–water partition coefficient (Wildman–Crippen LogP) is 4.53. The molecule has 0 saturated carbocycles. The topological polar surface area (TPSA) is 68.6 Å². The Balaban J connectivity index is 1.48. The number of hydrogen-bond acceptors (Lipinski definition) is 4. The van der Waals surface area contributed by atoms with Crippen LogP contribution in [0.5, 0.6) is 11.5 Å². The second kappa shape index (κ2) is 9.04. The number of anilines is 1. The third-order valence-electron chi connectivity index (χ3n) is 4.73. The molecule has 30 heavy (non-hydrogen) atoms. The molecule has 0 spiro atoms. The summed E-state index contributed by atoms with van der Waals surface area (Å²) in [5.74, 6) is 0.748. The van der Waals surface area contributed by atoms with Gasteiger partial charge in [-0.3, -0.25) is 0 Å². The number of amides is 2. The van der Waals surface area contributed by atoms with Gasteiger partial charge in [0.05, 0.1) is 12.9 Å². The van der Waals surface area contributed by atoms with Gasteiger partial charge in [0.1, 0.15) is 5.82 Å². The van der Waals surface area contributed by atoms with Gasteiger partial charge in [-0.1, -0.05) is 17.7 Å². The highest BCUT2D eigenvalue weighted by Crippen LogP contribution is 2.34. The first kappa shape index (κ1) is 20.0. The number of nitrogens with zero attached hydrogens (tertiary/aromatic N) is 3. The van der Waals surface area contributed by atoms with Crippen molar-refractivity contribution in [1.82, 2.24) is 14.5 Å². The van der Waals surface area contributed by atoms with Crippen LogP contribution >= 0.6 is 11.6 Å². The molecule has 3 aromatic rings. The summed E-state index contributed by atoms with van der Waals surface area (Å²) < 4.78 is 26.9. The number of carbonyl (C=O) groups is 1. The molecular formula is C21H20ClFN4O3. The van der Waals surface area contributed by atoms with E-state index in [9.17, 15) is 9.18 Å². The largest absolute Gasteiger partial charge is 0.454 e. The zero-order valence-electron chi connectivity index (χ0n) is 16.1. The zero-order valence-corrected chi connectivity index (χ0v) is 16.8. The Morgan fingerprint density at radius 3 is 2.93 bits per heavy atom. The number of carbonyl (C=O) groups excluding carboxylic acids is 1. The molecule has 2 amide bonds. The second-order valence-electron chi connectivity index (χ2n) is 6.77. The number of nitrogens with one attached hydrogen (secondary N) is 1. The van der Waals surface area contributed by atoms with Crippen molar-refractivity contribution in [2.45, 2.75) is 19.5 Å². The lowest BCUT2D eigenvalue weighted by atomic mass is 10.2. The van der Waals surface area contributed by atoms with E-state index in [1.54, 1.807) is 36.8 Å². The summed E-state index contributed by atoms with van der Waals surface area (Å²) >= 11 is 6.18. The van der Waals surface area contributed by atoms with Crippen LogP contribution in [0, 0.1) is 5.82 Å². The summed E-state index contributed by atoms with van der Waals surface area (Å²) in [5, 5.41) is 3.12. The lowest BCUT2D eigenvalue weighted by Gasteiger charge is -2.24. The molecule has 4 rings (SSSR count). The van der Waals surface area contributed by atoms with Gasteiger partial charge in [-0.25, -0.2) is 14.2 Å². The van der Waals surface area contributed by atoms with Crippen LogP contribution in [0.3, 0.4) is 0 Å². The van der Waals surface area contributed by atoms with Crippen molar-refractivity contribution in [3.63, 3.8) is 0 Å². The monoisotopic (exact) mass is 430 g/mol. The minimum Gasteiger partial charge on any atom is -0.454 e. The van der Waals surface area contributed by atoms with Gasteiger partial charge in [0, 0.05) is 47.8 Å². The third kappa shape index (κ3) is 4.65. The molecule has 2 heterocycles. The lowest BCUT2D eigenvalue weighted by molar-refractivity contribution is 0.174. The van der Waals surface area contributed by atoms with Crippen LogP contribution in [0.15, 0.2) is 55.1 Å². The van der Waals surface area contributed by atoms with Gasteiger partial charge in [0.15, 0.2) is 11.5 Å². The first-order valence-corrected chi connectivity index (χ1v) is 9.82. The Morgan fingerprint density at radius 2 is 2.13 bits per heavy atom. The Hall–Kier alpha value is -3.26. The van der Waals surface area contributed by atoms with Gasteiger partial charge < -0.3 is 24.3 Å². The van der Waals surface area contributed by atoms with E-state index in [1.807, 2.05) is 10.8 Å². The summed E-state index contributed by atoms with van der Waals surface area (Å²) in [7, 11) is 0. The maximum absolute atomic E-state index is 14.3. The van der Waals surface area contributed by atoms with Gasteiger partial charge in [-0.2, -0.15) is 0 Å². The Kier molecular flexibility index (Phi) is 6.04. The van der Waals surface area contributed by atoms with E-state index >= 15 is 0 Å². The summed E-state index contributed by atoms with van der Waals surface area (Å²) in [6, 6.07) is 9.27. The number of aromatic nitrogens is 2. The molecule has 1 aliphatic heterocycles. The maximum atomic E-state index is 14.3. The number of fused-ring (bicyclic) bond motifs is 1. The number of urea groups is 1. The highest BCUT2D eigenvalue weighted by Gasteiger charge is 2.19. The summed E-state index contributed by atoms with van der Waals surface area (Å²) in [5.41, 5.74) is 0.839. The van der Waals surface area contributed by atoms with E-state index in [0.717, 1.165) is 0 Å². The van der Waals surface area contributed by atoms with Crippen LogP contribution in [-0.4, -0.2) is 33.8 Å². The molecule has 7 nitrogen and oxygen atoms in total. The molecule has 0 atom stereocenters. The van der Waals surface area contributed by atoms with Gasteiger partial charge in [-0.15, -0.1) is 0 Å². The predicted molar refractivity (Wildman–Crippen MR) is 110 cm³/mol. The number of imidazole rings is 1. The molecule has 0 saturated heterocycles. The number of ether oxygens (including phenoxy) is 2. The zero-order chi connectivity index (χ0) is 20.9. The third-order valence-corrected chi connectivity index (χ3v) is 5.08. The molecule has 0 fully saturated rings. The van der Waals surface area contributed by atoms with Crippen LogP contribution in [0.1, 0.15) is 12.0 Å². The van der Waals surface area contributed by atoms with E-state index in [2.05, 4.69) is 10.3 Å². The SMILES string of the molecule is O=C(Nc1ccc2c(c1)OCO2)N(CCCn1ccnc1)Cc1c(F)cccc1Cl. The minimum atomic E-state index is -0.446. The molecule has 1 aromatic heterocycles. The summed E-state index contributed by atoms with van der Waals surface area (Å²) in [6.07, 6.45) is 5.93. The average Bonchev–Trinajstić information content (AvgIpc) is 3.41. The van der Waals surface area contributed by atoms with Crippen molar-refractivity contribution in [2.75, 3.05) is 18.7 Å². The lowest BCUT2D eigenvalue weighted by Crippen LogP contribution is -2.36. The van der Waals surface area contributed by atoms with Crippen LogP contribution < -0.4 is 14.8 Å². The fraction of sp³-hybridized carbons (Fsp3) is 0.238. The van der Waals surface area contributed by atoms with Gasteiger partial charge in [0.25, 0.3) is 0 Å². The van der Waals surface area contributed by atoms with Crippen LogP contribution in [0.4, 0.5) is 14.9 Å². The van der Waals surface area contributed by atoms with E-state index in [0.29, 0.717) is 36.7 Å². The fourth-order valence-corrected chi connectivity index (χ4v) is 3.39.